The number of piperidine rings is 1. The number of anilines is 1. The van der Waals surface area contributed by atoms with Gasteiger partial charge >= 0.3 is 0 Å². The predicted octanol–water partition coefficient (Wildman–Crippen LogP) is 0.923. The highest BCUT2D eigenvalue weighted by atomic mass is 32.1. The molecule has 0 spiro atoms. The Morgan fingerprint density at radius 2 is 2.39 bits per heavy atom. The van der Waals surface area contributed by atoms with Crippen molar-refractivity contribution in [2.45, 2.75) is 18.9 Å². The Labute approximate surface area is 109 Å². The SMILES string of the molecule is Cn1c(N2CCCC(N)C2)nc2ccsc2c1=O. The summed E-state index contributed by atoms with van der Waals surface area (Å²) in [6.07, 6.45) is 2.10. The van der Waals surface area contributed by atoms with Crippen molar-refractivity contribution in [1.29, 1.82) is 0 Å². The summed E-state index contributed by atoms with van der Waals surface area (Å²) in [5.74, 6) is 0.737. The van der Waals surface area contributed by atoms with Gasteiger partial charge in [-0.25, -0.2) is 4.98 Å². The Morgan fingerprint density at radius 3 is 3.17 bits per heavy atom. The molecule has 1 aliphatic heterocycles. The molecule has 0 saturated carbocycles. The molecule has 1 atom stereocenters. The summed E-state index contributed by atoms with van der Waals surface area (Å²) < 4.78 is 2.36. The van der Waals surface area contributed by atoms with Crippen LogP contribution in [0.1, 0.15) is 12.8 Å². The monoisotopic (exact) mass is 264 g/mol. The molecule has 2 aromatic rings. The minimum atomic E-state index is 0.0316. The zero-order valence-corrected chi connectivity index (χ0v) is 11.1. The molecule has 6 heteroatoms. The standard InChI is InChI=1S/C12H16N4OS/c1-15-11(17)10-9(4-6-18-10)14-12(15)16-5-2-3-8(13)7-16/h4,6,8H,2-3,5,7,13H2,1H3. The smallest absolute Gasteiger partial charge is 0.272 e. The molecule has 0 bridgehead atoms. The van der Waals surface area contributed by atoms with Crippen molar-refractivity contribution in [2.75, 3.05) is 18.0 Å². The summed E-state index contributed by atoms with van der Waals surface area (Å²) in [5, 5.41) is 1.91. The van der Waals surface area contributed by atoms with E-state index in [9.17, 15) is 4.79 Å². The number of rotatable bonds is 1. The number of hydrogen-bond acceptors (Lipinski definition) is 5. The normalized spacial score (nSPS) is 20.6. The van der Waals surface area contributed by atoms with Crippen LogP contribution in [0.15, 0.2) is 16.2 Å². The molecule has 2 aromatic heterocycles. The second-order valence-corrected chi connectivity index (χ2v) is 5.68. The summed E-state index contributed by atoms with van der Waals surface area (Å²) in [6, 6.07) is 2.07. The summed E-state index contributed by atoms with van der Waals surface area (Å²) in [4.78, 5) is 18.9. The molecule has 1 aliphatic rings. The lowest BCUT2D eigenvalue weighted by Gasteiger charge is -2.32. The number of nitrogens with two attached hydrogens (primary N) is 1. The number of hydrogen-bond donors (Lipinski definition) is 1. The zero-order chi connectivity index (χ0) is 12.7. The van der Waals surface area contributed by atoms with Crippen LogP contribution in [0.25, 0.3) is 10.2 Å². The molecule has 0 radical (unpaired) electrons. The average Bonchev–Trinajstić information content (AvgIpc) is 2.82. The third-order valence-corrected chi connectivity index (χ3v) is 4.30. The highest BCUT2D eigenvalue weighted by molar-refractivity contribution is 7.17. The van der Waals surface area contributed by atoms with Gasteiger partial charge in [-0.2, -0.15) is 0 Å². The van der Waals surface area contributed by atoms with Gasteiger partial charge in [0.15, 0.2) is 0 Å². The van der Waals surface area contributed by atoms with Gasteiger partial charge in [0.05, 0.1) is 5.52 Å². The van der Waals surface area contributed by atoms with Gasteiger partial charge in [0.2, 0.25) is 5.95 Å². The van der Waals surface area contributed by atoms with Gasteiger partial charge in [-0.3, -0.25) is 9.36 Å². The number of nitrogens with zero attached hydrogens (tertiary/aromatic N) is 3. The van der Waals surface area contributed by atoms with Gasteiger partial charge in [-0.1, -0.05) is 0 Å². The largest absolute Gasteiger partial charge is 0.341 e. The number of aromatic nitrogens is 2. The van der Waals surface area contributed by atoms with Gasteiger partial charge in [0.1, 0.15) is 4.70 Å². The predicted molar refractivity (Wildman–Crippen MR) is 74.3 cm³/mol. The van der Waals surface area contributed by atoms with Crippen LogP contribution in [-0.2, 0) is 7.05 Å². The maximum absolute atomic E-state index is 12.2. The fraction of sp³-hybridized carbons (Fsp3) is 0.500. The van der Waals surface area contributed by atoms with E-state index in [1.54, 1.807) is 11.6 Å². The number of thiophene rings is 1. The summed E-state index contributed by atoms with van der Waals surface area (Å²) >= 11 is 1.44. The lowest BCUT2D eigenvalue weighted by molar-refractivity contribution is 0.494. The molecule has 96 valence electrons. The van der Waals surface area contributed by atoms with Crippen LogP contribution in [0.5, 0.6) is 0 Å². The zero-order valence-electron chi connectivity index (χ0n) is 10.3. The van der Waals surface area contributed by atoms with Gasteiger partial charge in [-0.05, 0) is 24.3 Å². The second kappa shape index (κ2) is 4.37. The second-order valence-electron chi connectivity index (χ2n) is 4.76. The van der Waals surface area contributed by atoms with Crippen molar-refractivity contribution in [3.63, 3.8) is 0 Å². The van der Waals surface area contributed by atoms with Crippen molar-refractivity contribution in [3.8, 4) is 0 Å². The first-order valence-corrected chi connectivity index (χ1v) is 6.99. The molecule has 2 N–H and O–H groups in total. The van der Waals surface area contributed by atoms with Gasteiger partial charge < -0.3 is 10.6 Å². The Morgan fingerprint density at radius 1 is 1.56 bits per heavy atom. The quantitative estimate of drug-likeness (QED) is 0.832. The van der Waals surface area contributed by atoms with Gasteiger partial charge in [0.25, 0.3) is 5.56 Å². The van der Waals surface area contributed by atoms with Crippen molar-refractivity contribution >= 4 is 27.5 Å². The molecule has 1 unspecified atom stereocenters. The third-order valence-electron chi connectivity index (χ3n) is 3.40. The Hall–Kier alpha value is -1.40. The third kappa shape index (κ3) is 1.81. The van der Waals surface area contributed by atoms with E-state index >= 15 is 0 Å². The van der Waals surface area contributed by atoms with Crippen molar-refractivity contribution in [3.05, 3.63) is 21.8 Å². The lowest BCUT2D eigenvalue weighted by Crippen LogP contribution is -2.45. The molecule has 18 heavy (non-hydrogen) atoms. The molecule has 3 heterocycles. The van der Waals surface area contributed by atoms with Crippen LogP contribution < -0.4 is 16.2 Å². The molecule has 5 nitrogen and oxygen atoms in total. The first-order chi connectivity index (χ1) is 8.66. The lowest BCUT2D eigenvalue weighted by atomic mass is 10.1. The minimum Gasteiger partial charge on any atom is -0.341 e. The average molecular weight is 264 g/mol. The number of fused-ring (bicyclic) bond motifs is 1. The fourth-order valence-corrected chi connectivity index (χ4v) is 3.26. The van der Waals surface area contributed by atoms with Gasteiger partial charge in [0, 0.05) is 26.2 Å². The first-order valence-electron chi connectivity index (χ1n) is 6.11. The van der Waals surface area contributed by atoms with Crippen LogP contribution in [0.2, 0.25) is 0 Å². The van der Waals surface area contributed by atoms with Crippen LogP contribution in [0.3, 0.4) is 0 Å². The molecule has 1 fully saturated rings. The summed E-state index contributed by atoms with van der Waals surface area (Å²) in [6.45, 7) is 1.69. The van der Waals surface area contributed by atoms with Crippen molar-refractivity contribution < 1.29 is 0 Å². The summed E-state index contributed by atoms with van der Waals surface area (Å²) in [7, 11) is 1.78. The molecular weight excluding hydrogens is 248 g/mol. The van der Waals surface area contributed by atoms with Gasteiger partial charge in [-0.15, -0.1) is 11.3 Å². The molecule has 0 aliphatic carbocycles. The van der Waals surface area contributed by atoms with E-state index in [4.69, 9.17) is 5.73 Å². The van der Waals surface area contributed by atoms with Crippen LogP contribution >= 0.6 is 11.3 Å². The van der Waals surface area contributed by atoms with E-state index in [-0.39, 0.29) is 11.6 Å². The molecule has 0 amide bonds. The van der Waals surface area contributed by atoms with E-state index in [1.165, 1.54) is 11.3 Å². The van der Waals surface area contributed by atoms with Crippen LogP contribution in [0.4, 0.5) is 5.95 Å². The molecular formula is C12H16N4OS. The topological polar surface area (TPSA) is 64.2 Å². The Balaban J connectivity index is 2.10. The maximum atomic E-state index is 12.2. The minimum absolute atomic E-state index is 0.0316. The maximum Gasteiger partial charge on any atom is 0.272 e. The van der Waals surface area contributed by atoms with Crippen molar-refractivity contribution in [2.24, 2.45) is 12.8 Å². The molecule has 0 aromatic carbocycles. The molecule has 3 rings (SSSR count). The Bertz CT molecular complexity index is 633. The Kier molecular flexibility index (Phi) is 2.83. The highest BCUT2D eigenvalue weighted by Gasteiger charge is 2.21. The van der Waals surface area contributed by atoms with E-state index in [2.05, 4.69) is 9.88 Å². The van der Waals surface area contributed by atoms with E-state index < -0.39 is 0 Å². The van der Waals surface area contributed by atoms with E-state index in [0.717, 1.165) is 42.1 Å². The van der Waals surface area contributed by atoms with E-state index in [1.807, 2.05) is 11.4 Å². The fourth-order valence-electron chi connectivity index (χ4n) is 2.45. The van der Waals surface area contributed by atoms with Crippen LogP contribution in [-0.4, -0.2) is 28.7 Å². The summed E-state index contributed by atoms with van der Waals surface area (Å²) in [5.41, 5.74) is 6.81. The molecule has 1 saturated heterocycles. The first kappa shape index (κ1) is 11.7. The van der Waals surface area contributed by atoms with Crippen molar-refractivity contribution in [1.82, 2.24) is 9.55 Å². The highest BCUT2D eigenvalue weighted by Crippen LogP contribution is 2.20. The van der Waals surface area contributed by atoms with E-state index in [0.29, 0.717) is 0 Å². The van der Waals surface area contributed by atoms with Crippen LogP contribution in [0, 0.1) is 0 Å².